The number of aliphatic imine (C=N–C) groups is 1. The largest absolute Gasteiger partial charge is 0.497 e. The second-order valence-electron chi connectivity index (χ2n) is 8.62. The lowest BCUT2D eigenvalue weighted by Crippen LogP contribution is -2.45. The first-order valence-electron chi connectivity index (χ1n) is 11.6. The summed E-state index contributed by atoms with van der Waals surface area (Å²) < 4.78 is 5.24. The molecule has 3 rings (SSSR count). The minimum Gasteiger partial charge on any atom is -0.497 e. The summed E-state index contributed by atoms with van der Waals surface area (Å²) in [6.07, 6.45) is 6.54. The van der Waals surface area contributed by atoms with Crippen molar-refractivity contribution in [1.82, 2.24) is 15.5 Å². The van der Waals surface area contributed by atoms with Crippen molar-refractivity contribution in [3.8, 4) is 5.75 Å². The van der Waals surface area contributed by atoms with Gasteiger partial charge < -0.3 is 20.3 Å². The van der Waals surface area contributed by atoms with Crippen LogP contribution in [0.1, 0.15) is 63.9 Å². The Kier molecular flexibility index (Phi) is 10.9. The average molecular weight is 543 g/mol. The van der Waals surface area contributed by atoms with Crippen LogP contribution in [0.4, 0.5) is 0 Å². The Bertz CT molecular complexity index is 704. The third-order valence-electron chi connectivity index (χ3n) is 6.41. The minimum absolute atomic E-state index is 0. The molecule has 0 aromatic heterocycles. The van der Waals surface area contributed by atoms with E-state index in [2.05, 4.69) is 41.5 Å². The smallest absolute Gasteiger partial charge is 0.225 e. The lowest BCUT2D eigenvalue weighted by atomic mass is 9.98. The second kappa shape index (κ2) is 13.1. The van der Waals surface area contributed by atoms with Gasteiger partial charge in [0.15, 0.2) is 5.96 Å². The van der Waals surface area contributed by atoms with Crippen molar-refractivity contribution in [1.29, 1.82) is 0 Å². The van der Waals surface area contributed by atoms with Gasteiger partial charge in [0.2, 0.25) is 5.91 Å². The Balaban J connectivity index is 0.00000341. The summed E-state index contributed by atoms with van der Waals surface area (Å²) in [6, 6.07) is 8.57. The van der Waals surface area contributed by atoms with E-state index in [0.29, 0.717) is 11.8 Å². The Morgan fingerprint density at radius 3 is 2.58 bits per heavy atom. The fourth-order valence-electron chi connectivity index (χ4n) is 4.49. The third kappa shape index (κ3) is 7.54. The van der Waals surface area contributed by atoms with Crippen molar-refractivity contribution in [2.24, 2.45) is 10.9 Å². The maximum atomic E-state index is 12.7. The number of likely N-dealkylation sites (tertiary alicyclic amines) is 1. The number of rotatable bonds is 8. The molecule has 1 aromatic rings. The van der Waals surface area contributed by atoms with Crippen molar-refractivity contribution in [3.05, 3.63) is 29.8 Å². The molecule has 31 heavy (non-hydrogen) atoms. The number of amides is 1. The van der Waals surface area contributed by atoms with Gasteiger partial charge in [-0.1, -0.05) is 31.9 Å². The molecule has 2 N–H and O–H groups in total. The Hall–Kier alpha value is -1.51. The van der Waals surface area contributed by atoms with Crippen molar-refractivity contribution in [2.45, 2.75) is 64.3 Å². The van der Waals surface area contributed by atoms with Crippen LogP contribution in [0.15, 0.2) is 29.3 Å². The molecule has 2 atom stereocenters. The molecular weight excluding hydrogens is 503 g/mol. The SMILES string of the molecule is CCNC(=NCCC(C)c1ccc(OC)cc1)NC1CCN(C(=O)C2CCCC2)C1.I. The summed E-state index contributed by atoms with van der Waals surface area (Å²) in [6.45, 7) is 7.57. The number of methoxy groups -OCH3 is 1. The maximum Gasteiger partial charge on any atom is 0.225 e. The zero-order chi connectivity index (χ0) is 21.3. The van der Waals surface area contributed by atoms with E-state index in [4.69, 9.17) is 9.73 Å². The van der Waals surface area contributed by atoms with Crippen LogP contribution in [0, 0.1) is 5.92 Å². The van der Waals surface area contributed by atoms with Crippen LogP contribution in [0.2, 0.25) is 0 Å². The molecule has 1 amide bonds. The molecule has 0 radical (unpaired) electrons. The summed E-state index contributed by atoms with van der Waals surface area (Å²) in [5.74, 6) is 2.82. The molecule has 1 saturated carbocycles. The lowest BCUT2D eigenvalue weighted by molar-refractivity contribution is -0.134. The number of halogens is 1. The van der Waals surface area contributed by atoms with E-state index in [1.807, 2.05) is 12.1 Å². The van der Waals surface area contributed by atoms with Gasteiger partial charge in [0.25, 0.3) is 0 Å². The summed E-state index contributed by atoms with van der Waals surface area (Å²) in [4.78, 5) is 19.5. The Labute approximate surface area is 204 Å². The van der Waals surface area contributed by atoms with Crippen molar-refractivity contribution in [2.75, 3.05) is 33.3 Å². The van der Waals surface area contributed by atoms with Crippen LogP contribution in [-0.4, -0.2) is 56.1 Å². The van der Waals surface area contributed by atoms with Gasteiger partial charge in [-0.3, -0.25) is 9.79 Å². The van der Waals surface area contributed by atoms with Crippen LogP contribution in [-0.2, 0) is 4.79 Å². The maximum absolute atomic E-state index is 12.7. The molecule has 2 aliphatic rings. The molecule has 1 heterocycles. The van der Waals surface area contributed by atoms with E-state index < -0.39 is 0 Å². The topological polar surface area (TPSA) is 66.0 Å². The van der Waals surface area contributed by atoms with Crippen LogP contribution in [0.25, 0.3) is 0 Å². The Morgan fingerprint density at radius 2 is 1.94 bits per heavy atom. The molecule has 174 valence electrons. The minimum atomic E-state index is 0. The number of ether oxygens (including phenoxy) is 1. The zero-order valence-electron chi connectivity index (χ0n) is 19.2. The standard InChI is InChI=1S/C24H38N4O2.HI/c1-4-25-24(26-15-13-18(2)19-9-11-22(30-3)12-10-19)27-21-14-16-28(17-21)23(29)20-7-5-6-8-20;/h9-12,18,20-21H,4-8,13-17H2,1-3H3,(H2,25,26,27);1H. The van der Waals surface area contributed by atoms with Gasteiger partial charge in [0.1, 0.15) is 5.75 Å². The number of carbonyl (C=O) groups excluding carboxylic acids is 1. The molecule has 1 aromatic carbocycles. The van der Waals surface area contributed by atoms with Gasteiger partial charge in [-0.15, -0.1) is 24.0 Å². The fourth-order valence-corrected chi connectivity index (χ4v) is 4.49. The van der Waals surface area contributed by atoms with Crippen LogP contribution < -0.4 is 15.4 Å². The average Bonchev–Trinajstić information content (AvgIpc) is 3.46. The first kappa shape index (κ1) is 25.7. The number of benzene rings is 1. The van der Waals surface area contributed by atoms with Crippen molar-refractivity contribution < 1.29 is 9.53 Å². The highest BCUT2D eigenvalue weighted by molar-refractivity contribution is 14.0. The molecule has 2 fully saturated rings. The van der Waals surface area contributed by atoms with Gasteiger partial charge in [0.05, 0.1) is 7.11 Å². The molecule has 0 bridgehead atoms. The number of nitrogens with one attached hydrogen (secondary N) is 2. The molecule has 1 saturated heterocycles. The lowest BCUT2D eigenvalue weighted by Gasteiger charge is -2.21. The normalized spacial score (nSPS) is 20.3. The summed E-state index contributed by atoms with van der Waals surface area (Å²) in [5.41, 5.74) is 1.31. The number of carbonyl (C=O) groups is 1. The van der Waals surface area contributed by atoms with E-state index in [9.17, 15) is 4.79 Å². The predicted octanol–water partition coefficient (Wildman–Crippen LogP) is 4.15. The van der Waals surface area contributed by atoms with Gasteiger partial charge in [-0.25, -0.2) is 0 Å². The zero-order valence-corrected chi connectivity index (χ0v) is 21.6. The van der Waals surface area contributed by atoms with Crippen LogP contribution in [0.5, 0.6) is 5.75 Å². The Morgan fingerprint density at radius 1 is 1.23 bits per heavy atom. The third-order valence-corrected chi connectivity index (χ3v) is 6.41. The fraction of sp³-hybridized carbons (Fsp3) is 0.667. The summed E-state index contributed by atoms with van der Waals surface area (Å²) >= 11 is 0. The molecule has 6 nitrogen and oxygen atoms in total. The monoisotopic (exact) mass is 542 g/mol. The number of hydrogen-bond donors (Lipinski definition) is 2. The summed E-state index contributed by atoms with van der Waals surface area (Å²) in [7, 11) is 1.69. The molecular formula is C24H39IN4O2. The number of hydrogen-bond acceptors (Lipinski definition) is 3. The predicted molar refractivity (Wildman–Crippen MR) is 137 cm³/mol. The highest BCUT2D eigenvalue weighted by Gasteiger charge is 2.32. The second-order valence-corrected chi connectivity index (χ2v) is 8.62. The van der Waals surface area contributed by atoms with Gasteiger partial charge in [0, 0.05) is 38.1 Å². The highest BCUT2D eigenvalue weighted by atomic mass is 127. The van der Waals surface area contributed by atoms with Gasteiger partial charge >= 0.3 is 0 Å². The van der Waals surface area contributed by atoms with Gasteiger partial charge in [-0.2, -0.15) is 0 Å². The van der Waals surface area contributed by atoms with E-state index in [0.717, 1.165) is 63.6 Å². The van der Waals surface area contributed by atoms with Gasteiger partial charge in [-0.05, 0) is 56.2 Å². The van der Waals surface area contributed by atoms with Crippen LogP contribution in [0.3, 0.4) is 0 Å². The van der Waals surface area contributed by atoms with E-state index in [-0.39, 0.29) is 35.9 Å². The first-order chi connectivity index (χ1) is 14.6. The van der Waals surface area contributed by atoms with E-state index in [1.54, 1.807) is 7.11 Å². The highest BCUT2D eigenvalue weighted by Crippen LogP contribution is 2.28. The molecule has 2 unspecified atom stereocenters. The quantitative estimate of drug-likeness (QED) is 0.294. The van der Waals surface area contributed by atoms with Crippen LogP contribution >= 0.6 is 24.0 Å². The molecule has 7 heteroatoms. The molecule has 0 spiro atoms. The van der Waals surface area contributed by atoms with E-state index >= 15 is 0 Å². The van der Waals surface area contributed by atoms with Crippen molar-refractivity contribution in [3.63, 3.8) is 0 Å². The first-order valence-corrected chi connectivity index (χ1v) is 11.6. The molecule has 1 aliphatic carbocycles. The summed E-state index contributed by atoms with van der Waals surface area (Å²) in [5, 5.41) is 6.91. The molecule has 1 aliphatic heterocycles. The van der Waals surface area contributed by atoms with Crippen molar-refractivity contribution >= 4 is 35.8 Å². The number of nitrogens with zero attached hydrogens (tertiary/aromatic N) is 2. The van der Waals surface area contributed by atoms with E-state index in [1.165, 1.54) is 18.4 Å². The number of guanidine groups is 1.